The number of benzene rings is 1. The molecule has 1 aliphatic heterocycles. The summed E-state index contributed by atoms with van der Waals surface area (Å²) in [5.74, 6) is 0.955. The van der Waals surface area contributed by atoms with Crippen molar-refractivity contribution < 1.29 is 9.53 Å². The van der Waals surface area contributed by atoms with E-state index in [-0.39, 0.29) is 18.0 Å². The molecule has 1 aromatic rings. The molecule has 1 aromatic carbocycles. The molecule has 5 heteroatoms. The third kappa shape index (κ3) is 3.74. The first-order chi connectivity index (χ1) is 10.2. The Bertz CT molecular complexity index is 461. The van der Waals surface area contributed by atoms with Gasteiger partial charge < -0.3 is 15.4 Å². The highest BCUT2D eigenvalue weighted by Crippen LogP contribution is 2.25. The maximum atomic E-state index is 12.0. The molecule has 2 unspecified atom stereocenters. The lowest BCUT2D eigenvalue weighted by atomic mass is 10.0. The van der Waals surface area contributed by atoms with E-state index >= 15 is 0 Å². The minimum Gasteiger partial charge on any atom is -0.494 e. The van der Waals surface area contributed by atoms with Gasteiger partial charge in [0.05, 0.1) is 6.61 Å². The smallest absolute Gasteiger partial charge is 0.238 e. The molecule has 1 heterocycles. The molecular formula is C16H25N3O2. The van der Waals surface area contributed by atoms with Crippen LogP contribution in [0.4, 0.5) is 0 Å². The van der Waals surface area contributed by atoms with E-state index in [2.05, 4.69) is 34.6 Å². The van der Waals surface area contributed by atoms with Crippen LogP contribution >= 0.6 is 0 Å². The van der Waals surface area contributed by atoms with Crippen molar-refractivity contribution in [1.82, 2.24) is 15.5 Å². The summed E-state index contributed by atoms with van der Waals surface area (Å²) in [6, 6.07) is 8.23. The molecule has 1 aliphatic rings. The summed E-state index contributed by atoms with van der Waals surface area (Å²) in [5.41, 5.74) is 1.20. The molecule has 1 fully saturated rings. The van der Waals surface area contributed by atoms with Gasteiger partial charge >= 0.3 is 0 Å². The highest BCUT2D eigenvalue weighted by molar-refractivity contribution is 5.81. The van der Waals surface area contributed by atoms with Gasteiger partial charge in [0.15, 0.2) is 0 Å². The topological polar surface area (TPSA) is 53.6 Å². The maximum Gasteiger partial charge on any atom is 0.238 e. The van der Waals surface area contributed by atoms with Gasteiger partial charge in [-0.05, 0) is 31.5 Å². The predicted molar refractivity (Wildman–Crippen MR) is 83.5 cm³/mol. The summed E-state index contributed by atoms with van der Waals surface area (Å²) in [5, 5.41) is 6.05. The molecule has 2 rings (SSSR count). The molecule has 5 nitrogen and oxygen atoms in total. The monoisotopic (exact) mass is 291 g/mol. The Hall–Kier alpha value is -1.59. The number of carbonyl (C=O) groups excluding carboxylic acids is 1. The van der Waals surface area contributed by atoms with E-state index in [9.17, 15) is 4.79 Å². The van der Waals surface area contributed by atoms with Crippen molar-refractivity contribution in [3.05, 3.63) is 29.8 Å². The zero-order valence-electron chi connectivity index (χ0n) is 13.1. The third-order valence-corrected chi connectivity index (χ3v) is 4.00. The van der Waals surface area contributed by atoms with Gasteiger partial charge in [0.25, 0.3) is 0 Å². The number of carbonyl (C=O) groups is 1. The molecule has 0 saturated carbocycles. The number of amides is 1. The molecule has 0 spiro atoms. The van der Waals surface area contributed by atoms with Crippen LogP contribution in [0.15, 0.2) is 24.3 Å². The van der Waals surface area contributed by atoms with Crippen LogP contribution in [0.1, 0.15) is 25.5 Å². The number of nitrogens with one attached hydrogen (secondary N) is 2. The fourth-order valence-corrected chi connectivity index (χ4v) is 2.79. The number of piperazine rings is 1. The highest BCUT2D eigenvalue weighted by Gasteiger charge is 2.31. The van der Waals surface area contributed by atoms with Gasteiger partial charge in [-0.25, -0.2) is 0 Å². The predicted octanol–water partition coefficient (Wildman–Crippen LogP) is 1.17. The summed E-state index contributed by atoms with van der Waals surface area (Å²) in [4.78, 5) is 14.3. The summed E-state index contributed by atoms with van der Waals surface area (Å²) in [6.45, 7) is 7.27. The van der Waals surface area contributed by atoms with E-state index in [1.54, 1.807) is 7.05 Å². The summed E-state index contributed by atoms with van der Waals surface area (Å²) in [6.07, 6.45) is 0. The van der Waals surface area contributed by atoms with E-state index in [4.69, 9.17) is 4.74 Å². The molecule has 0 aliphatic carbocycles. The first-order valence-electron chi connectivity index (χ1n) is 7.58. The molecule has 0 bridgehead atoms. The average molecular weight is 291 g/mol. The fraction of sp³-hybridized carbons (Fsp3) is 0.562. The third-order valence-electron chi connectivity index (χ3n) is 4.00. The van der Waals surface area contributed by atoms with Crippen molar-refractivity contribution >= 4 is 5.91 Å². The van der Waals surface area contributed by atoms with Crippen molar-refractivity contribution in [3.8, 4) is 5.75 Å². The van der Waals surface area contributed by atoms with Crippen molar-refractivity contribution in [3.63, 3.8) is 0 Å². The fourth-order valence-electron chi connectivity index (χ4n) is 2.79. The Morgan fingerprint density at radius 2 is 2.19 bits per heavy atom. The number of rotatable bonds is 5. The SMILES string of the molecule is CCOc1ccc(C(C)N2CCNCC2C(=O)NC)cc1. The second-order valence-corrected chi connectivity index (χ2v) is 5.25. The second kappa shape index (κ2) is 7.43. The Balaban J connectivity index is 2.12. The normalized spacial score (nSPS) is 20.8. The van der Waals surface area contributed by atoms with E-state index in [0.29, 0.717) is 13.2 Å². The largest absolute Gasteiger partial charge is 0.494 e. The van der Waals surface area contributed by atoms with Crippen LogP contribution in [0, 0.1) is 0 Å². The number of hydrogen-bond donors (Lipinski definition) is 2. The molecule has 2 atom stereocenters. The Morgan fingerprint density at radius 1 is 1.48 bits per heavy atom. The van der Waals surface area contributed by atoms with Crippen LogP contribution in [0.5, 0.6) is 5.75 Å². The minimum atomic E-state index is -0.120. The van der Waals surface area contributed by atoms with Gasteiger partial charge in [0.1, 0.15) is 11.8 Å². The standard InChI is InChI=1S/C16H25N3O2/c1-4-21-14-7-5-13(6-8-14)12(2)19-10-9-18-11-15(19)16(20)17-3/h5-8,12,15,18H,4,9-11H2,1-3H3,(H,17,20). The highest BCUT2D eigenvalue weighted by atomic mass is 16.5. The number of likely N-dealkylation sites (N-methyl/N-ethyl adjacent to an activating group) is 1. The van der Waals surface area contributed by atoms with Gasteiger partial charge in [0, 0.05) is 32.7 Å². The van der Waals surface area contributed by atoms with Crippen LogP contribution in [0.3, 0.4) is 0 Å². The van der Waals surface area contributed by atoms with Gasteiger partial charge in [-0.1, -0.05) is 12.1 Å². The van der Waals surface area contributed by atoms with Crippen molar-refractivity contribution in [2.45, 2.75) is 25.9 Å². The molecule has 0 aromatic heterocycles. The summed E-state index contributed by atoms with van der Waals surface area (Å²) in [7, 11) is 1.69. The van der Waals surface area contributed by atoms with Crippen LogP contribution in [-0.4, -0.2) is 50.1 Å². The lowest BCUT2D eigenvalue weighted by Gasteiger charge is -2.39. The maximum absolute atomic E-state index is 12.0. The number of nitrogens with zero attached hydrogens (tertiary/aromatic N) is 1. The van der Waals surface area contributed by atoms with Gasteiger partial charge in [-0.3, -0.25) is 9.69 Å². The molecule has 2 N–H and O–H groups in total. The first kappa shape index (κ1) is 15.8. The zero-order chi connectivity index (χ0) is 15.2. The number of ether oxygens (including phenoxy) is 1. The summed E-state index contributed by atoms with van der Waals surface area (Å²) >= 11 is 0. The van der Waals surface area contributed by atoms with E-state index in [0.717, 1.165) is 18.8 Å². The van der Waals surface area contributed by atoms with Crippen LogP contribution in [-0.2, 0) is 4.79 Å². The van der Waals surface area contributed by atoms with Crippen LogP contribution < -0.4 is 15.4 Å². The molecule has 1 amide bonds. The van der Waals surface area contributed by atoms with Crippen LogP contribution in [0.2, 0.25) is 0 Å². The van der Waals surface area contributed by atoms with E-state index in [1.807, 2.05) is 19.1 Å². The van der Waals surface area contributed by atoms with E-state index < -0.39 is 0 Å². The molecular weight excluding hydrogens is 266 g/mol. The van der Waals surface area contributed by atoms with Crippen LogP contribution in [0.25, 0.3) is 0 Å². The lowest BCUT2D eigenvalue weighted by molar-refractivity contribution is -0.127. The quantitative estimate of drug-likeness (QED) is 0.855. The van der Waals surface area contributed by atoms with E-state index in [1.165, 1.54) is 5.56 Å². The summed E-state index contributed by atoms with van der Waals surface area (Å²) < 4.78 is 5.48. The number of hydrogen-bond acceptors (Lipinski definition) is 4. The second-order valence-electron chi connectivity index (χ2n) is 5.25. The lowest BCUT2D eigenvalue weighted by Crippen LogP contribution is -2.57. The van der Waals surface area contributed by atoms with Crippen molar-refractivity contribution in [2.75, 3.05) is 33.3 Å². The van der Waals surface area contributed by atoms with Gasteiger partial charge in [-0.2, -0.15) is 0 Å². The van der Waals surface area contributed by atoms with Gasteiger partial charge in [-0.15, -0.1) is 0 Å². The Kier molecular flexibility index (Phi) is 5.59. The minimum absolute atomic E-state index is 0.0694. The molecule has 116 valence electrons. The molecule has 1 saturated heterocycles. The molecule has 21 heavy (non-hydrogen) atoms. The van der Waals surface area contributed by atoms with Crippen molar-refractivity contribution in [2.24, 2.45) is 0 Å². The van der Waals surface area contributed by atoms with Gasteiger partial charge in [0.2, 0.25) is 5.91 Å². The van der Waals surface area contributed by atoms with Crippen molar-refractivity contribution in [1.29, 1.82) is 0 Å². The Morgan fingerprint density at radius 3 is 2.81 bits per heavy atom. The Labute approximate surface area is 126 Å². The molecule has 0 radical (unpaired) electrons. The first-order valence-corrected chi connectivity index (χ1v) is 7.58. The average Bonchev–Trinajstić information content (AvgIpc) is 2.54. The zero-order valence-corrected chi connectivity index (χ0v) is 13.1.